The van der Waals surface area contributed by atoms with Crippen LogP contribution in [0.5, 0.6) is 0 Å². The summed E-state index contributed by atoms with van der Waals surface area (Å²) in [5.41, 5.74) is 0. The summed E-state index contributed by atoms with van der Waals surface area (Å²) in [6.07, 6.45) is 102. The zero-order valence-corrected chi connectivity index (χ0v) is 52.6. The van der Waals surface area contributed by atoms with Crippen molar-refractivity contribution in [3.63, 3.8) is 0 Å². The van der Waals surface area contributed by atoms with Crippen LogP contribution in [0.1, 0.15) is 322 Å². The molecule has 0 spiro atoms. The maximum atomic E-state index is 12.3. The first-order valence-corrected chi connectivity index (χ1v) is 34.1. The Morgan fingerprint density at radius 3 is 0.825 bits per heavy atom. The molecule has 0 radical (unpaired) electrons. The lowest BCUT2D eigenvalue weighted by Gasteiger charge is -2.15. The molecule has 0 aliphatic rings. The van der Waals surface area contributed by atoms with Crippen LogP contribution in [-0.2, 0) is 19.1 Å². The molecule has 1 N–H and O–H groups in total. The number of rotatable bonds is 62. The zero-order valence-electron chi connectivity index (χ0n) is 52.6. The van der Waals surface area contributed by atoms with Crippen molar-refractivity contribution in [2.45, 2.75) is 328 Å². The lowest BCUT2D eigenvalue weighted by atomic mass is 10.0. The van der Waals surface area contributed by atoms with Crippen LogP contribution in [0.15, 0.2) is 122 Å². The molecule has 0 amide bonds. The van der Waals surface area contributed by atoms with E-state index < -0.39 is 6.10 Å². The van der Waals surface area contributed by atoms with Gasteiger partial charge in [0, 0.05) is 12.8 Å². The molecule has 1 unspecified atom stereocenters. The highest BCUT2D eigenvalue weighted by Crippen LogP contribution is 2.17. The van der Waals surface area contributed by atoms with Crippen LogP contribution in [0.4, 0.5) is 0 Å². The molecule has 0 bridgehead atoms. The largest absolute Gasteiger partial charge is 0.462 e. The van der Waals surface area contributed by atoms with Gasteiger partial charge in [-0.25, -0.2) is 0 Å². The number of aliphatic hydroxyl groups is 1. The number of hydrogen-bond donors (Lipinski definition) is 1. The molecule has 5 nitrogen and oxygen atoms in total. The third kappa shape index (κ3) is 66.8. The SMILES string of the molecule is CC/C=C\C/C=C\C/C=C\C/C=C\C/C=C\C/C=C\C/C=C\CCCCCC(=O)OC(CO)COC(=O)CCCCCCCCCCCCCCCCCCCCCCCCCCCC/C=C\C/C=C\C/C=C\CCCCCCC. The van der Waals surface area contributed by atoms with Gasteiger partial charge in [-0.3, -0.25) is 9.59 Å². The Morgan fingerprint density at radius 1 is 0.300 bits per heavy atom. The smallest absolute Gasteiger partial charge is 0.306 e. The highest BCUT2D eigenvalue weighted by Gasteiger charge is 2.16. The number of hydrogen-bond acceptors (Lipinski definition) is 5. The van der Waals surface area contributed by atoms with E-state index in [2.05, 4.69) is 135 Å². The molecule has 0 aromatic carbocycles. The maximum absolute atomic E-state index is 12.3. The highest BCUT2D eigenvalue weighted by atomic mass is 16.6. The molecular formula is C75H128O5. The van der Waals surface area contributed by atoms with Crippen molar-refractivity contribution >= 4 is 11.9 Å². The van der Waals surface area contributed by atoms with E-state index in [0.29, 0.717) is 12.8 Å². The van der Waals surface area contributed by atoms with Crippen LogP contribution in [0, 0.1) is 0 Å². The van der Waals surface area contributed by atoms with Crippen molar-refractivity contribution in [2.75, 3.05) is 13.2 Å². The van der Waals surface area contributed by atoms with Crippen molar-refractivity contribution in [1.82, 2.24) is 0 Å². The monoisotopic (exact) mass is 1110 g/mol. The molecule has 0 fully saturated rings. The van der Waals surface area contributed by atoms with Gasteiger partial charge in [0.2, 0.25) is 0 Å². The molecule has 1 atom stereocenters. The summed E-state index contributed by atoms with van der Waals surface area (Å²) in [6.45, 7) is 4.01. The molecule has 458 valence electrons. The number of ether oxygens (including phenoxy) is 2. The van der Waals surface area contributed by atoms with E-state index in [-0.39, 0.29) is 25.2 Å². The molecule has 0 aliphatic heterocycles. The molecule has 0 saturated heterocycles. The Kier molecular flexibility index (Phi) is 66.4. The van der Waals surface area contributed by atoms with E-state index in [4.69, 9.17) is 9.47 Å². The van der Waals surface area contributed by atoms with Gasteiger partial charge in [0.25, 0.3) is 0 Å². The molecule has 5 heteroatoms. The second kappa shape index (κ2) is 69.6. The summed E-state index contributed by atoms with van der Waals surface area (Å²) < 4.78 is 10.7. The van der Waals surface area contributed by atoms with Gasteiger partial charge in [-0.15, -0.1) is 0 Å². The predicted octanol–water partition coefficient (Wildman–Crippen LogP) is 23.8. The van der Waals surface area contributed by atoms with Crippen molar-refractivity contribution in [2.24, 2.45) is 0 Å². The van der Waals surface area contributed by atoms with E-state index in [0.717, 1.165) is 103 Å². The van der Waals surface area contributed by atoms with Gasteiger partial charge in [0.05, 0.1) is 6.61 Å². The average Bonchev–Trinajstić information content (AvgIpc) is 3.46. The second-order valence-corrected chi connectivity index (χ2v) is 22.5. The Hall–Kier alpha value is -3.70. The third-order valence-corrected chi connectivity index (χ3v) is 14.7. The van der Waals surface area contributed by atoms with Gasteiger partial charge >= 0.3 is 11.9 Å². The van der Waals surface area contributed by atoms with Crippen LogP contribution >= 0.6 is 0 Å². The van der Waals surface area contributed by atoms with E-state index in [1.54, 1.807) is 0 Å². The minimum atomic E-state index is -0.798. The van der Waals surface area contributed by atoms with Crippen LogP contribution in [0.3, 0.4) is 0 Å². The van der Waals surface area contributed by atoms with Gasteiger partial charge in [-0.2, -0.15) is 0 Å². The molecular weight excluding hydrogens is 981 g/mol. The van der Waals surface area contributed by atoms with Crippen molar-refractivity contribution in [3.8, 4) is 0 Å². The fourth-order valence-electron chi connectivity index (χ4n) is 9.66. The standard InChI is InChI=1S/C75H128O5/c1-3-5-7-9-11-13-15-17-19-21-23-25-27-29-30-31-32-33-34-35-36-37-38-39-40-41-42-43-44-46-47-49-51-53-55-57-59-61-63-65-67-69-74(77)79-72-73(71-76)80-75(78)70-68-66-64-62-60-58-56-54-52-50-48-45-28-26-24-22-20-18-16-14-12-10-8-6-4-2/h6,8,12,14-15,17-18,20-21,23-24,26-27,29,45,48,52,54,58,60,73,76H,3-5,7,9-11,13,16,19,22,25,28,30-44,46-47,49-51,53,55-57,59,61-72H2,1-2H3/b8-6-,14-12-,17-15-,20-18-,23-21-,26-24-,29-27-,48-45-,54-52-,60-58-. The lowest BCUT2D eigenvalue weighted by Crippen LogP contribution is -2.28. The first-order valence-electron chi connectivity index (χ1n) is 34.1. The summed E-state index contributed by atoms with van der Waals surface area (Å²) in [4.78, 5) is 24.6. The number of esters is 2. The number of allylic oxidation sites excluding steroid dienone is 20. The average molecular weight is 1110 g/mol. The molecule has 0 aromatic rings. The van der Waals surface area contributed by atoms with Crippen molar-refractivity contribution in [1.29, 1.82) is 0 Å². The summed E-state index contributed by atoms with van der Waals surface area (Å²) in [5.74, 6) is -0.625. The van der Waals surface area contributed by atoms with Crippen molar-refractivity contribution in [3.05, 3.63) is 122 Å². The molecule has 0 aromatic heterocycles. The third-order valence-electron chi connectivity index (χ3n) is 14.7. The van der Waals surface area contributed by atoms with E-state index in [9.17, 15) is 14.7 Å². The Labute approximate surface area is 496 Å². The number of carbonyl (C=O) groups is 2. The Bertz CT molecular complexity index is 1590. The van der Waals surface area contributed by atoms with Crippen LogP contribution < -0.4 is 0 Å². The van der Waals surface area contributed by atoms with Crippen LogP contribution in [-0.4, -0.2) is 36.4 Å². The number of unbranched alkanes of at least 4 members (excludes halogenated alkanes) is 34. The fraction of sp³-hybridized carbons (Fsp3) is 0.707. The molecule has 0 aliphatic carbocycles. The van der Waals surface area contributed by atoms with E-state index >= 15 is 0 Å². The summed E-state index contributed by atoms with van der Waals surface area (Å²) in [6, 6.07) is 0. The van der Waals surface area contributed by atoms with Crippen LogP contribution in [0.25, 0.3) is 0 Å². The summed E-state index contributed by atoms with van der Waals surface area (Å²) >= 11 is 0. The highest BCUT2D eigenvalue weighted by molar-refractivity contribution is 5.70. The summed E-state index contributed by atoms with van der Waals surface area (Å²) in [5, 5.41) is 9.68. The minimum absolute atomic E-state index is 0.0834. The zero-order chi connectivity index (χ0) is 57.6. The minimum Gasteiger partial charge on any atom is -0.462 e. The van der Waals surface area contributed by atoms with Crippen molar-refractivity contribution < 1.29 is 24.2 Å². The maximum Gasteiger partial charge on any atom is 0.306 e. The molecule has 0 saturated carbocycles. The van der Waals surface area contributed by atoms with Gasteiger partial charge in [0.1, 0.15) is 6.61 Å². The first kappa shape index (κ1) is 76.3. The molecule has 0 heterocycles. The number of carbonyl (C=O) groups excluding carboxylic acids is 2. The lowest BCUT2D eigenvalue weighted by molar-refractivity contribution is -0.161. The quantitative estimate of drug-likeness (QED) is 0.0373. The fourth-order valence-corrected chi connectivity index (χ4v) is 9.66. The van der Waals surface area contributed by atoms with Crippen LogP contribution in [0.2, 0.25) is 0 Å². The van der Waals surface area contributed by atoms with Gasteiger partial charge in [0.15, 0.2) is 6.10 Å². The number of aliphatic hydroxyl groups excluding tert-OH is 1. The topological polar surface area (TPSA) is 72.8 Å². The normalized spacial score (nSPS) is 13.0. The van der Waals surface area contributed by atoms with E-state index in [1.807, 2.05) is 0 Å². The van der Waals surface area contributed by atoms with Gasteiger partial charge in [-0.1, -0.05) is 322 Å². The van der Waals surface area contributed by atoms with Gasteiger partial charge < -0.3 is 14.6 Å². The Morgan fingerprint density at radius 2 is 0.537 bits per heavy atom. The summed E-state index contributed by atoms with van der Waals surface area (Å²) in [7, 11) is 0. The van der Waals surface area contributed by atoms with Gasteiger partial charge in [-0.05, 0) is 109 Å². The van der Waals surface area contributed by atoms with E-state index in [1.165, 1.54) is 193 Å². The first-order chi connectivity index (χ1) is 39.6. The molecule has 80 heavy (non-hydrogen) atoms. The Balaban J connectivity index is 3.47. The predicted molar refractivity (Wildman–Crippen MR) is 352 cm³/mol. The molecule has 0 rings (SSSR count). The second-order valence-electron chi connectivity index (χ2n) is 22.5.